The number of benzene rings is 2. The summed E-state index contributed by atoms with van der Waals surface area (Å²) in [6.45, 7) is 2.42. The second-order valence-electron chi connectivity index (χ2n) is 4.13. The van der Waals surface area contributed by atoms with E-state index in [2.05, 4.69) is 15.9 Å². The Hall–Kier alpha value is -1.06. The highest BCUT2D eigenvalue weighted by atomic mass is 79.9. The number of ether oxygens (including phenoxy) is 1. The second-order valence-corrected chi connectivity index (χ2v) is 5.39. The average Bonchev–Trinajstić information content (AvgIpc) is 2.39. The van der Waals surface area contributed by atoms with E-state index < -0.39 is 0 Å². The van der Waals surface area contributed by atoms with Crippen LogP contribution in [0.15, 0.2) is 40.9 Å². The number of hydrogen-bond donors (Lipinski definition) is 0. The molecule has 4 heteroatoms. The molecule has 19 heavy (non-hydrogen) atoms. The Bertz CT molecular complexity index is 586. The fourth-order valence-electron chi connectivity index (χ4n) is 1.71. The van der Waals surface area contributed by atoms with Crippen molar-refractivity contribution >= 4 is 27.5 Å². The van der Waals surface area contributed by atoms with Gasteiger partial charge < -0.3 is 4.74 Å². The van der Waals surface area contributed by atoms with Crippen LogP contribution in [-0.2, 0) is 13.0 Å². The summed E-state index contributed by atoms with van der Waals surface area (Å²) < 4.78 is 19.4. The molecular weight excluding hydrogens is 331 g/mol. The lowest BCUT2D eigenvalue weighted by atomic mass is 10.1. The van der Waals surface area contributed by atoms with E-state index in [0.717, 1.165) is 28.3 Å². The quantitative estimate of drug-likeness (QED) is 0.724. The van der Waals surface area contributed by atoms with Gasteiger partial charge in [-0.25, -0.2) is 4.39 Å². The molecule has 0 aliphatic carbocycles. The standard InChI is InChI=1S/C15H13BrClFO/c1-2-10-7-13(5-6-15(10)17)19-9-11-3-4-12(18)8-14(11)16/h3-8H,2,9H2,1H3. The van der Waals surface area contributed by atoms with Crippen LogP contribution < -0.4 is 4.74 Å². The minimum absolute atomic E-state index is 0.268. The third kappa shape index (κ3) is 3.71. The molecule has 0 heterocycles. The molecule has 0 N–H and O–H groups in total. The molecule has 1 nitrogen and oxygen atoms in total. The molecular formula is C15H13BrClFO. The van der Waals surface area contributed by atoms with Crippen molar-refractivity contribution < 1.29 is 9.13 Å². The van der Waals surface area contributed by atoms with Crippen LogP contribution in [0.3, 0.4) is 0 Å². The van der Waals surface area contributed by atoms with E-state index in [9.17, 15) is 4.39 Å². The third-order valence-electron chi connectivity index (χ3n) is 2.81. The third-order valence-corrected chi connectivity index (χ3v) is 3.91. The smallest absolute Gasteiger partial charge is 0.124 e. The summed E-state index contributed by atoms with van der Waals surface area (Å²) in [5.41, 5.74) is 1.95. The maximum absolute atomic E-state index is 13.0. The first-order chi connectivity index (χ1) is 9.10. The fraction of sp³-hybridized carbons (Fsp3) is 0.200. The predicted molar refractivity (Wildman–Crippen MR) is 79.3 cm³/mol. The largest absolute Gasteiger partial charge is 0.489 e. The Morgan fingerprint density at radius 3 is 2.63 bits per heavy atom. The van der Waals surface area contributed by atoms with Crippen molar-refractivity contribution in [2.45, 2.75) is 20.0 Å². The molecule has 0 bridgehead atoms. The van der Waals surface area contributed by atoms with E-state index in [4.69, 9.17) is 16.3 Å². The highest BCUT2D eigenvalue weighted by Crippen LogP contribution is 2.24. The average molecular weight is 344 g/mol. The van der Waals surface area contributed by atoms with E-state index in [1.54, 1.807) is 6.07 Å². The first-order valence-electron chi connectivity index (χ1n) is 5.95. The van der Waals surface area contributed by atoms with Crippen molar-refractivity contribution in [3.8, 4) is 5.75 Å². The Morgan fingerprint density at radius 2 is 1.95 bits per heavy atom. The van der Waals surface area contributed by atoms with Crippen LogP contribution in [-0.4, -0.2) is 0 Å². The molecule has 0 unspecified atom stereocenters. The minimum Gasteiger partial charge on any atom is -0.489 e. The highest BCUT2D eigenvalue weighted by Gasteiger charge is 2.04. The highest BCUT2D eigenvalue weighted by molar-refractivity contribution is 9.10. The van der Waals surface area contributed by atoms with E-state index in [1.807, 2.05) is 25.1 Å². The number of aryl methyl sites for hydroxylation is 1. The molecule has 0 aliphatic rings. The zero-order valence-corrected chi connectivity index (χ0v) is 12.8. The summed E-state index contributed by atoms with van der Waals surface area (Å²) in [4.78, 5) is 0. The molecule has 100 valence electrons. The summed E-state index contributed by atoms with van der Waals surface area (Å²) in [5.74, 6) is 0.493. The zero-order valence-electron chi connectivity index (χ0n) is 10.4. The van der Waals surface area contributed by atoms with Gasteiger partial charge in [0.15, 0.2) is 0 Å². The van der Waals surface area contributed by atoms with Crippen LogP contribution in [0.25, 0.3) is 0 Å². The molecule has 0 fully saturated rings. The maximum atomic E-state index is 13.0. The lowest BCUT2D eigenvalue weighted by Crippen LogP contribution is -1.97. The van der Waals surface area contributed by atoms with Crippen LogP contribution in [0.5, 0.6) is 5.75 Å². The Labute approximate surface area is 125 Å². The normalized spacial score (nSPS) is 10.5. The molecule has 0 saturated heterocycles. The summed E-state index contributed by atoms with van der Waals surface area (Å²) in [6, 6.07) is 10.1. The van der Waals surface area contributed by atoms with E-state index >= 15 is 0 Å². The van der Waals surface area contributed by atoms with Gasteiger partial charge in [-0.3, -0.25) is 0 Å². The van der Waals surface area contributed by atoms with Gasteiger partial charge in [-0.1, -0.05) is 40.5 Å². The molecule has 0 atom stereocenters. The molecule has 2 rings (SSSR count). The van der Waals surface area contributed by atoms with E-state index in [1.165, 1.54) is 12.1 Å². The fourth-order valence-corrected chi connectivity index (χ4v) is 2.43. The van der Waals surface area contributed by atoms with Gasteiger partial charge in [0.25, 0.3) is 0 Å². The van der Waals surface area contributed by atoms with Crippen molar-refractivity contribution in [2.75, 3.05) is 0 Å². The molecule has 0 saturated carbocycles. The lowest BCUT2D eigenvalue weighted by Gasteiger charge is -2.10. The maximum Gasteiger partial charge on any atom is 0.124 e. The number of hydrogen-bond acceptors (Lipinski definition) is 1. The molecule has 0 aromatic heterocycles. The predicted octanol–water partition coefficient (Wildman–Crippen LogP) is 5.38. The van der Waals surface area contributed by atoms with Crippen LogP contribution >= 0.6 is 27.5 Å². The van der Waals surface area contributed by atoms with Crippen LogP contribution in [0, 0.1) is 5.82 Å². The Morgan fingerprint density at radius 1 is 1.16 bits per heavy atom. The Kier molecular flexibility index (Phi) is 4.83. The van der Waals surface area contributed by atoms with E-state index in [-0.39, 0.29) is 5.82 Å². The first-order valence-corrected chi connectivity index (χ1v) is 7.12. The van der Waals surface area contributed by atoms with Gasteiger partial charge in [-0.05, 0) is 42.3 Å². The topological polar surface area (TPSA) is 9.23 Å². The molecule has 0 spiro atoms. The minimum atomic E-state index is -0.268. The summed E-state index contributed by atoms with van der Waals surface area (Å²) in [7, 11) is 0. The summed E-state index contributed by atoms with van der Waals surface area (Å²) in [5, 5.41) is 0.748. The van der Waals surface area contributed by atoms with Gasteiger partial charge in [-0.15, -0.1) is 0 Å². The van der Waals surface area contributed by atoms with Crippen LogP contribution in [0.4, 0.5) is 4.39 Å². The van der Waals surface area contributed by atoms with Gasteiger partial charge in [0, 0.05) is 15.1 Å². The van der Waals surface area contributed by atoms with Gasteiger partial charge in [0.1, 0.15) is 18.2 Å². The van der Waals surface area contributed by atoms with Crippen LogP contribution in [0.2, 0.25) is 5.02 Å². The lowest BCUT2D eigenvalue weighted by molar-refractivity contribution is 0.305. The molecule has 0 aliphatic heterocycles. The SMILES string of the molecule is CCc1cc(OCc2ccc(F)cc2Br)ccc1Cl. The van der Waals surface area contributed by atoms with Gasteiger partial charge in [0.05, 0.1) is 0 Å². The zero-order chi connectivity index (χ0) is 13.8. The summed E-state index contributed by atoms with van der Waals surface area (Å²) >= 11 is 9.37. The van der Waals surface area contributed by atoms with Crippen molar-refractivity contribution in [1.82, 2.24) is 0 Å². The molecule has 2 aromatic carbocycles. The van der Waals surface area contributed by atoms with Gasteiger partial charge in [-0.2, -0.15) is 0 Å². The molecule has 2 aromatic rings. The number of rotatable bonds is 4. The van der Waals surface area contributed by atoms with Crippen molar-refractivity contribution in [3.63, 3.8) is 0 Å². The van der Waals surface area contributed by atoms with E-state index in [0.29, 0.717) is 11.1 Å². The van der Waals surface area contributed by atoms with Gasteiger partial charge >= 0.3 is 0 Å². The Balaban J connectivity index is 2.10. The molecule has 0 radical (unpaired) electrons. The second kappa shape index (κ2) is 6.40. The van der Waals surface area contributed by atoms with Gasteiger partial charge in [0.2, 0.25) is 0 Å². The first kappa shape index (κ1) is 14.4. The molecule has 0 amide bonds. The van der Waals surface area contributed by atoms with Crippen LogP contribution in [0.1, 0.15) is 18.1 Å². The van der Waals surface area contributed by atoms with Crippen molar-refractivity contribution in [2.24, 2.45) is 0 Å². The van der Waals surface area contributed by atoms with Crippen molar-refractivity contribution in [3.05, 3.63) is 62.8 Å². The summed E-state index contributed by atoms with van der Waals surface area (Å²) in [6.07, 6.45) is 0.857. The van der Waals surface area contributed by atoms with Crippen molar-refractivity contribution in [1.29, 1.82) is 0 Å². The number of halogens is 3. The monoisotopic (exact) mass is 342 g/mol.